The van der Waals surface area contributed by atoms with E-state index in [-0.39, 0.29) is 5.84 Å². The highest BCUT2D eigenvalue weighted by molar-refractivity contribution is 6.37. The summed E-state index contributed by atoms with van der Waals surface area (Å²) in [6, 6.07) is 10.1. The van der Waals surface area contributed by atoms with Crippen LogP contribution in [0.15, 0.2) is 46.6 Å². The molecule has 4 heteroatoms. The van der Waals surface area contributed by atoms with Crippen molar-refractivity contribution in [2.75, 3.05) is 7.05 Å². The van der Waals surface area contributed by atoms with Crippen molar-refractivity contribution in [2.45, 2.75) is 26.7 Å². The van der Waals surface area contributed by atoms with E-state index in [2.05, 4.69) is 29.4 Å². The molecule has 1 aromatic rings. The number of hydrogen-bond acceptors (Lipinski definition) is 2. The summed E-state index contributed by atoms with van der Waals surface area (Å²) >= 11 is 0. The molecule has 4 nitrogen and oxygen atoms in total. The number of rotatable bonds is 4. The molecule has 0 aromatic heterocycles. The monoisotopic (exact) mass is 259 g/mol. The van der Waals surface area contributed by atoms with Gasteiger partial charge in [-0.05, 0) is 18.9 Å². The topological polar surface area (TPSA) is 67.5 Å². The molecule has 1 rings (SSSR count). The summed E-state index contributed by atoms with van der Waals surface area (Å²) in [7, 11) is 1.55. The molecule has 0 fully saturated rings. The van der Waals surface area contributed by atoms with Crippen LogP contribution in [0.5, 0.6) is 0 Å². The molecule has 0 unspecified atom stereocenters. The number of nitrogens with zero attached hydrogens (tertiary/aromatic N) is 1. The molecule has 0 aliphatic heterocycles. The van der Waals surface area contributed by atoms with Crippen LogP contribution in [0.3, 0.4) is 0 Å². The molecule has 0 bridgehead atoms. The number of amides is 1. The second-order valence-electron chi connectivity index (χ2n) is 4.34. The van der Waals surface area contributed by atoms with Crippen molar-refractivity contribution in [3.05, 3.63) is 47.2 Å². The summed E-state index contributed by atoms with van der Waals surface area (Å²) < 4.78 is 0. The lowest BCUT2D eigenvalue weighted by molar-refractivity contribution is -0.112. The predicted octanol–water partition coefficient (Wildman–Crippen LogP) is 2.02. The lowest BCUT2D eigenvalue weighted by Crippen LogP contribution is -2.36. The highest BCUT2D eigenvalue weighted by Crippen LogP contribution is 2.12. The lowest BCUT2D eigenvalue weighted by Gasteiger charge is -2.14. The third kappa shape index (κ3) is 4.58. The largest absolute Gasteiger partial charge is 0.363 e. The molecule has 0 spiro atoms. The summed E-state index contributed by atoms with van der Waals surface area (Å²) in [5.74, 6) is -0.351. The van der Waals surface area contributed by atoms with Gasteiger partial charge in [-0.15, -0.1) is 0 Å². The van der Waals surface area contributed by atoms with Gasteiger partial charge in [-0.3, -0.25) is 9.79 Å². The van der Waals surface area contributed by atoms with E-state index in [0.717, 1.165) is 18.5 Å². The summed E-state index contributed by atoms with van der Waals surface area (Å²) in [5.41, 5.74) is 8.62. The van der Waals surface area contributed by atoms with Crippen LogP contribution in [0.25, 0.3) is 0 Å². The maximum absolute atomic E-state index is 11.2. The zero-order valence-electron chi connectivity index (χ0n) is 11.7. The van der Waals surface area contributed by atoms with Gasteiger partial charge >= 0.3 is 0 Å². The van der Waals surface area contributed by atoms with E-state index in [4.69, 9.17) is 5.73 Å². The Labute approximate surface area is 114 Å². The van der Waals surface area contributed by atoms with Crippen molar-refractivity contribution >= 4 is 11.7 Å². The number of primary amides is 1. The minimum Gasteiger partial charge on any atom is -0.363 e. The van der Waals surface area contributed by atoms with E-state index in [1.54, 1.807) is 7.05 Å². The first-order valence-electron chi connectivity index (χ1n) is 6.34. The van der Waals surface area contributed by atoms with E-state index in [9.17, 15) is 4.79 Å². The minimum atomic E-state index is -0.544. The van der Waals surface area contributed by atoms with Gasteiger partial charge in [0.25, 0.3) is 5.91 Å². The standard InChI is InChI=1S/C15H21N3O/c1-4-11(2)13(18-15(17-3)14(16)19)10-12-8-6-5-7-9-12/h5-9H,4,10H2,1-3H3,(H2,16,19)(H,17,18)/b13-11+. The minimum absolute atomic E-state index is 0.193. The molecule has 102 valence electrons. The third-order valence-electron chi connectivity index (χ3n) is 3.00. The molecule has 19 heavy (non-hydrogen) atoms. The van der Waals surface area contributed by atoms with Gasteiger partial charge in [-0.25, -0.2) is 0 Å². The number of allylic oxidation sites excluding steroid dienone is 2. The Morgan fingerprint density at radius 2 is 1.95 bits per heavy atom. The van der Waals surface area contributed by atoms with Gasteiger partial charge in [0.1, 0.15) is 0 Å². The Balaban J connectivity index is 2.95. The van der Waals surface area contributed by atoms with Crippen LogP contribution in [0.2, 0.25) is 0 Å². The van der Waals surface area contributed by atoms with Gasteiger partial charge in [0.15, 0.2) is 5.84 Å². The van der Waals surface area contributed by atoms with Crippen LogP contribution < -0.4 is 11.1 Å². The first-order valence-corrected chi connectivity index (χ1v) is 6.34. The van der Waals surface area contributed by atoms with Crippen molar-refractivity contribution in [1.82, 2.24) is 5.32 Å². The van der Waals surface area contributed by atoms with Gasteiger partial charge in [0.2, 0.25) is 0 Å². The Hall–Kier alpha value is -2.10. The van der Waals surface area contributed by atoms with Gasteiger partial charge in [-0.1, -0.05) is 42.8 Å². The highest BCUT2D eigenvalue weighted by atomic mass is 16.1. The fourth-order valence-corrected chi connectivity index (χ4v) is 1.69. The van der Waals surface area contributed by atoms with Gasteiger partial charge in [0, 0.05) is 19.2 Å². The normalized spacial score (nSPS) is 12.9. The second kappa shape index (κ2) is 7.36. The first-order chi connectivity index (χ1) is 9.08. The number of amidine groups is 1. The molecule has 0 saturated carbocycles. The van der Waals surface area contributed by atoms with Crippen LogP contribution in [0.4, 0.5) is 0 Å². The summed E-state index contributed by atoms with van der Waals surface area (Å²) in [6.45, 7) is 4.12. The lowest BCUT2D eigenvalue weighted by atomic mass is 10.0. The maximum Gasteiger partial charge on any atom is 0.284 e. The van der Waals surface area contributed by atoms with Crippen molar-refractivity contribution in [2.24, 2.45) is 10.7 Å². The Morgan fingerprint density at radius 3 is 2.42 bits per heavy atom. The number of aliphatic imine (C=N–C) groups is 1. The quantitative estimate of drug-likeness (QED) is 0.641. The summed E-state index contributed by atoms with van der Waals surface area (Å²) in [4.78, 5) is 15.1. The van der Waals surface area contributed by atoms with Gasteiger partial charge in [0.05, 0.1) is 0 Å². The Bertz CT molecular complexity index is 489. The second-order valence-corrected chi connectivity index (χ2v) is 4.34. The fraction of sp³-hybridized carbons (Fsp3) is 0.333. The van der Waals surface area contributed by atoms with Crippen molar-refractivity contribution < 1.29 is 4.79 Å². The molecule has 0 saturated heterocycles. The van der Waals surface area contributed by atoms with E-state index < -0.39 is 5.91 Å². The number of carbonyl (C=O) groups excluding carboxylic acids is 1. The number of nitrogens with one attached hydrogen (secondary N) is 1. The number of carbonyl (C=O) groups is 1. The van der Waals surface area contributed by atoms with Crippen LogP contribution in [-0.4, -0.2) is 18.8 Å². The third-order valence-corrected chi connectivity index (χ3v) is 3.00. The zero-order chi connectivity index (χ0) is 14.3. The first kappa shape index (κ1) is 15.0. The van der Waals surface area contributed by atoms with Crippen molar-refractivity contribution in [3.8, 4) is 0 Å². The molecule has 0 radical (unpaired) electrons. The maximum atomic E-state index is 11.2. The zero-order valence-corrected chi connectivity index (χ0v) is 11.7. The van der Waals surface area contributed by atoms with Crippen LogP contribution in [0.1, 0.15) is 25.8 Å². The van der Waals surface area contributed by atoms with Crippen molar-refractivity contribution in [3.63, 3.8) is 0 Å². The van der Waals surface area contributed by atoms with Crippen LogP contribution in [0, 0.1) is 0 Å². The average Bonchev–Trinajstić information content (AvgIpc) is 2.43. The van der Waals surface area contributed by atoms with Crippen LogP contribution in [-0.2, 0) is 11.2 Å². The van der Waals surface area contributed by atoms with Gasteiger partial charge in [-0.2, -0.15) is 0 Å². The number of hydrogen-bond donors (Lipinski definition) is 2. The molecule has 3 N–H and O–H groups in total. The summed E-state index contributed by atoms with van der Waals surface area (Å²) in [6.07, 6.45) is 1.64. The SMILES string of the molecule is CC/C(C)=C(\Cc1ccccc1)NC(=NC)C(N)=O. The average molecular weight is 259 g/mol. The van der Waals surface area contributed by atoms with Gasteiger partial charge < -0.3 is 11.1 Å². The summed E-state index contributed by atoms with van der Waals surface area (Å²) in [5, 5.41) is 3.06. The predicted molar refractivity (Wildman–Crippen MR) is 78.8 cm³/mol. The van der Waals surface area contributed by atoms with Crippen molar-refractivity contribution in [1.29, 1.82) is 0 Å². The Kier molecular flexibility index (Phi) is 5.79. The fourth-order valence-electron chi connectivity index (χ4n) is 1.69. The van der Waals surface area contributed by atoms with E-state index in [1.807, 2.05) is 25.1 Å². The molecule has 0 aliphatic carbocycles. The number of benzene rings is 1. The molecule has 0 atom stereocenters. The van der Waals surface area contributed by atoms with E-state index in [1.165, 1.54) is 11.1 Å². The smallest absolute Gasteiger partial charge is 0.284 e. The molecular weight excluding hydrogens is 238 g/mol. The molecule has 0 heterocycles. The Morgan fingerprint density at radius 1 is 1.32 bits per heavy atom. The van der Waals surface area contributed by atoms with E-state index >= 15 is 0 Å². The van der Waals surface area contributed by atoms with Crippen LogP contribution >= 0.6 is 0 Å². The van der Waals surface area contributed by atoms with E-state index in [0.29, 0.717) is 0 Å². The molecule has 1 aromatic carbocycles. The molecule has 1 amide bonds. The number of nitrogens with two attached hydrogens (primary N) is 1. The highest BCUT2D eigenvalue weighted by Gasteiger charge is 2.10. The molecule has 0 aliphatic rings. The molecular formula is C15H21N3O.